The molecule has 20 heavy (non-hydrogen) atoms. The van der Waals surface area contributed by atoms with Crippen LogP contribution in [-0.4, -0.2) is 11.1 Å². The monoisotopic (exact) mass is 274 g/mol. The number of aromatic carboxylic acids is 1. The average Bonchev–Trinajstić information content (AvgIpc) is 2.41. The van der Waals surface area contributed by atoms with Crippen LogP contribution in [0.15, 0.2) is 36.4 Å². The Morgan fingerprint density at radius 3 is 2.55 bits per heavy atom. The highest BCUT2D eigenvalue weighted by Gasteiger charge is 2.11. The zero-order valence-corrected chi connectivity index (χ0v) is 11.3. The van der Waals surface area contributed by atoms with Crippen molar-refractivity contribution in [3.05, 3.63) is 64.5 Å². The minimum absolute atomic E-state index is 0.0752. The molecular weight excluding hydrogens is 259 g/mol. The molecule has 4 heteroatoms. The summed E-state index contributed by atoms with van der Waals surface area (Å²) in [5.41, 5.74) is 2.62. The van der Waals surface area contributed by atoms with Gasteiger partial charge in [0, 0.05) is 5.56 Å². The van der Waals surface area contributed by atoms with Gasteiger partial charge in [-0.2, -0.15) is 0 Å². The van der Waals surface area contributed by atoms with Gasteiger partial charge in [0.15, 0.2) is 0 Å². The summed E-state index contributed by atoms with van der Waals surface area (Å²) in [5, 5.41) is 9.05. The Kier molecular flexibility index (Phi) is 4.03. The van der Waals surface area contributed by atoms with E-state index in [1.165, 1.54) is 12.1 Å². The summed E-state index contributed by atoms with van der Waals surface area (Å²) >= 11 is 0. The van der Waals surface area contributed by atoms with Crippen molar-refractivity contribution >= 4 is 5.97 Å². The molecule has 0 bridgehead atoms. The van der Waals surface area contributed by atoms with E-state index in [1.807, 2.05) is 32.0 Å². The first-order chi connectivity index (χ1) is 9.47. The van der Waals surface area contributed by atoms with Gasteiger partial charge in [-0.3, -0.25) is 0 Å². The Balaban J connectivity index is 2.18. The largest absolute Gasteiger partial charge is 0.489 e. The molecule has 2 rings (SSSR count). The van der Waals surface area contributed by atoms with Crippen LogP contribution in [0.2, 0.25) is 0 Å². The molecule has 0 radical (unpaired) electrons. The molecule has 0 amide bonds. The van der Waals surface area contributed by atoms with Crippen LogP contribution >= 0.6 is 0 Å². The number of benzene rings is 2. The Bertz CT molecular complexity index is 650. The summed E-state index contributed by atoms with van der Waals surface area (Å²) < 4.78 is 18.6. The quantitative estimate of drug-likeness (QED) is 0.924. The number of ether oxygens (including phenoxy) is 1. The van der Waals surface area contributed by atoms with E-state index >= 15 is 0 Å². The average molecular weight is 274 g/mol. The second kappa shape index (κ2) is 5.74. The van der Waals surface area contributed by atoms with Crippen LogP contribution in [0.25, 0.3) is 0 Å². The summed E-state index contributed by atoms with van der Waals surface area (Å²) in [5.74, 6) is -1.07. The van der Waals surface area contributed by atoms with Crippen molar-refractivity contribution in [2.75, 3.05) is 0 Å². The van der Waals surface area contributed by atoms with Gasteiger partial charge in [0.25, 0.3) is 0 Å². The number of halogens is 1. The molecule has 3 nitrogen and oxygen atoms in total. The van der Waals surface area contributed by atoms with Crippen molar-refractivity contribution in [1.82, 2.24) is 0 Å². The molecule has 0 saturated heterocycles. The predicted octanol–water partition coefficient (Wildman–Crippen LogP) is 3.72. The van der Waals surface area contributed by atoms with Gasteiger partial charge in [-0.25, -0.2) is 9.18 Å². The molecule has 0 heterocycles. The first kappa shape index (κ1) is 14.1. The van der Waals surface area contributed by atoms with Crippen LogP contribution in [0, 0.1) is 19.7 Å². The van der Waals surface area contributed by atoms with Crippen molar-refractivity contribution in [2.45, 2.75) is 20.5 Å². The maximum absolute atomic E-state index is 13.1. The molecular formula is C16H15FO3. The fourth-order valence-corrected chi connectivity index (χ4v) is 1.84. The van der Waals surface area contributed by atoms with Crippen LogP contribution in [-0.2, 0) is 6.61 Å². The first-order valence-corrected chi connectivity index (χ1v) is 6.19. The maximum atomic E-state index is 13.1. The minimum atomic E-state index is -1.16. The zero-order valence-electron chi connectivity index (χ0n) is 11.3. The van der Waals surface area contributed by atoms with Crippen LogP contribution in [0.5, 0.6) is 5.75 Å². The van der Waals surface area contributed by atoms with E-state index < -0.39 is 11.8 Å². The van der Waals surface area contributed by atoms with Crippen molar-refractivity contribution in [3.63, 3.8) is 0 Å². The standard InChI is InChI=1S/C16H15FO3/c1-10-3-6-14(7-11(10)2)20-9-12-4-5-13(17)8-15(12)16(18)19/h3-8H,9H2,1-2H3,(H,18,19). The number of carbonyl (C=O) groups is 1. The number of carboxylic acid groups (broad SMARTS) is 1. The van der Waals surface area contributed by atoms with Gasteiger partial charge in [-0.1, -0.05) is 12.1 Å². The van der Waals surface area contributed by atoms with E-state index in [1.54, 1.807) is 0 Å². The smallest absolute Gasteiger partial charge is 0.336 e. The number of aryl methyl sites for hydroxylation is 2. The molecule has 0 aromatic heterocycles. The summed E-state index contributed by atoms with van der Waals surface area (Å²) in [6.07, 6.45) is 0. The molecule has 0 aliphatic heterocycles. The van der Waals surface area contributed by atoms with Crippen LogP contribution in [0.3, 0.4) is 0 Å². The molecule has 0 spiro atoms. The van der Waals surface area contributed by atoms with E-state index in [2.05, 4.69) is 0 Å². The van der Waals surface area contributed by atoms with Gasteiger partial charge in [0.05, 0.1) is 5.56 Å². The molecule has 0 fully saturated rings. The topological polar surface area (TPSA) is 46.5 Å². The van der Waals surface area contributed by atoms with E-state index in [0.717, 1.165) is 17.2 Å². The van der Waals surface area contributed by atoms with Crippen LogP contribution in [0.1, 0.15) is 27.0 Å². The second-order valence-electron chi connectivity index (χ2n) is 4.64. The van der Waals surface area contributed by atoms with Crippen molar-refractivity contribution in [2.24, 2.45) is 0 Å². The summed E-state index contributed by atoms with van der Waals surface area (Å²) in [6.45, 7) is 4.06. The van der Waals surface area contributed by atoms with Gasteiger partial charge in [0.2, 0.25) is 0 Å². The number of hydrogen-bond acceptors (Lipinski definition) is 2. The summed E-state index contributed by atoms with van der Waals surface area (Å²) in [6, 6.07) is 9.31. The van der Waals surface area contributed by atoms with Crippen molar-refractivity contribution < 1.29 is 19.0 Å². The summed E-state index contributed by atoms with van der Waals surface area (Å²) in [4.78, 5) is 11.1. The molecule has 2 aromatic rings. The lowest BCUT2D eigenvalue weighted by Crippen LogP contribution is -2.06. The molecule has 0 saturated carbocycles. The molecule has 0 aliphatic carbocycles. The van der Waals surface area contributed by atoms with Gasteiger partial charge in [-0.15, -0.1) is 0 Å². The van der Waals surface area contributed by atoms with E-state index in [4.69, 9.17) is 9.84 Å². The number of carboxylic acids is 1. The van der Waals surface area contributed by atoms with Gasteiger partial charge in [0.1, 0.15) is 18.2 Å². The Morgan fingerprint density at radius 1 is 1.15 bits per heavy atom. The highest BCUT2D eigenvalue weighted by atomic mass is 19.1. The van der Waals surface area contributed by atoms with E-state index in [-0.39, 0.29) is 12.2 Å². The lowest BCUT2D eigenvalue weighted by Gasteiger charge is -2.10. The third-order valence-corrected chi connectivity index (χ3v) is 3.18. The SMILES string of the molecule is Cc1ccc(OCc2ccc(F)cc2C(=O)O)cc1C. The molecule has 0 aliphatic rings. The fraction of sp³-hybridized carbons (Fsp3) is 0.188. The third-order valence-electron chi connectivity index (χ3n) is 3.18. The van der Waals surface area contributed by atoms with E-state index in [0.29, 0.717) is 11.3 Å². The number of rotatable bonds is 4. The van der Waals surface area contributed by atoms with E-state index in [9.17, 15) is 9.18 Å². The van der Waals surface area contributed by atoms with Crippen LogP contribution in [0.4, 0.5) is 4.39 Å². The molecule has 2 aromatic carbocycles. The molecule has 0 unspecified atom stereocenters. The minimum Gasteiger partial charge on any atom is -0.489 e. The summed E-state index contributed by atoms with van der Waals surface area (Å²) in [7, 11) is 0. The highest BCUT2D eigenvalue weighted by molar-refractivity contribution is 5.89. The first-order valence-electron chi connectivity index (χ1n) is 6.19. The highest BCUT2D eigenvalue weighted by Crippen LogP contribution is 2.19. The lowest BCUT2D eigenvalue weighted by molar-refractivity contribution is 0.0693. The maximum Gasteiger partial charge on any atom is 0.336 e. The van der Waals surface area contributed by atoms with Gasteiger partial charge >= 0.3 is 5.97 Å². The van der Waals surface area contributed by atoms with Gasteiger partial charge < -0.3 is 9.84 Å². The van der Waals surface area contributed by atoms with Crippen LogP contribution < -0.4 is 4.74 Å². The molecule has 1 N–H and O–H groups in total. The fourth-order valence-electron chi connectivity index (χ4n) is 1.84. The second-order valence-corrected chi connectivity index (χ2v) is 4.64. The lowest BCUT2D eigenvalue weighted by atomic mass is 10.1. The van der Waals surface area contributed by atoms with Crippen molar-refractivity contribution in [1.29, 1.82) is 0 Å². The predicted molar refractivity (Wildman–Crippen MR) is 73.6 cm³/mol. The van der Waals surface area contributed by atoms with Gasteiger partial charge in [-0.05, 0) is 49.2 Å². The normalized spacial score (nSPS) is 10.3. The number of hydrogen-bond donors (Lipinski definition) is 1. The third kappa shape index (κ3) is 3.15. The Morgan fingerprint density at radius 2 is 1.90 bits per heavy atom. The Labute approximate surface area is 116 Å². The molecule has 0 atom stereocenters. The Hall–Kier alpha value is -2.36. The van der Waals surface area contributed by atoms with Crippen molar-refractivity contribution in [3.8, 4) is 5.75 Å². The molecule has 104 valence electrons. The zero-order chi connectivity index (χ0) is 14.7.